The van der Waals surface area contributed by atoms with E-state index in [0.29, 0.717) is 24.5 Å². The molecule has 216 valence electrons. The summed E-state index contributed by atoms with van der Waals surface area (Å²) in [6.07, 6.45) is 2.77. The Bertz CT molecular complexity index is 1050. The third-order valence-electron chi connectivity index (χ3n) is 6.94. The lowest BCUT2D eigenvalue weighted by Gasteiger charge is -2.33. The molecule has 1 unspecified atom stereocenters. The highest BCUT2D eigenvalue weighted by atomic mass is 16.6. The summed E-state index contributed by atoms with van der Waals surface area (Å²) in [5.41, 5.74) is 0.210. The average molecular weight is 545 g/mol. The van der Waals surface area contributed by atoms with Crippen molar-refractivity contribution in [3.05, 3.63) is 35.7 Å². The molecule has 2 heterocycles. The Morgan fingerprint density at radius 1 is 1.13 bits per heavy atom. The molecule has 0 aliphatic carbocycles. The Balaban J connectivity index is 1.42. The van der Waals surface area contributed by atoms with Crippen LogP contribution in [0.15, 0.2) is 28.8 Å². The minimum Gasteiger partial charge on any atom is -0.494 e. The molecule has 1 aliphatic rings. The maximum atomic E-state index is 12.2. The first-order chi connectivity index (χ1) is 18.4. The van der Waals surface area contributed by atoms with Gasteiger partial charge in [0.15, 0.2) is 5.82 Å². The van der Waals surface area contributed by atoms with Crippen molar-refractivity contribution >= 4 is 18.1 Å². The van der Waals surface area contributed by atoms with E-state index in [0.717, 1.165) is 49.5 Å². The van der Waals surface area contributed by atoms with Crippen LogP contribution in [-0.2, 0) is 20.7 Å². The van der Waals surface area contributed by atoms with Gasteiger partial charge in [-0.2, -0.15) is 4.98 Å². The van der Waals surface area contributed by atoms with Crippen LogP contribution in [0.3, 0.4) is 0 Å². The van der Waals surface area contributed by atoms with E-state index in [2.05, 4.69) is 41.1 Å². The normalized spacial score (nSPS) is 16.1. The SMILES string of the molecule is COC(=O)C(Cc1ccc(OCC[C@@H](C)C2CCN(c3nc(C(C)C)no3)CC2)cc1)NC(=O)OC(C)(C)C. The fourth-order valence-electron chi connectivity index (χ4n) is 4.59. The summed E-state index contributed by atoms with van der Waals surface area (Å²) in [5.74, 6) is 2.43. The lowest BCUT2D eigenvalue weighted by molar-refractivity contribution is -0.143. The molecule has 2 atom stereocenters. The predicted molar refractivity (Wildman–Crippen MR) is 148 cm³/mol. The lowest BCUT2D eigenvalue weighted by Crippen LogP contribution is -2.45. The number of piperidine rings is 1. The second kappa shape index (κ2) is 13.7. The van der Waals surface area contributed by atoms with Gasteiger partial charge in [-0.05, 0) is 69.6 Å². The van der Waals surface area contributed by atoms with E-state index < -0.39 is 23.7 Å². The Hall–Kier alpha value is -3.30. The number of esters is 1. The summed E-state index contributed by atoms with van der Waals surface area (Å²) in [5, 5.41) is 6.68. The molecule has 0 radical (unpaired) electrons. The molecular formula is C29H44N4O6. The van der Waals surface area contributed by atoms with E-state index in [1.54, 1.807) is 20.8 Å². The number of amides is 1. The van der Waals surface area contributed by atoms with Crippen LogP contribution in [0, 0.1) is 11.8 Å². The summed E-state index contributed by atoms with van der Waals surface area (Å²) in [6.45, 7) is 14.2. The molecule has 1 aliphatic heterocycles. The highest BCUT2D eigenvalue weighted by Gasteiger charge is 2.27. The largest absolute Gasteiger partial charge is 0.494 e. The maximum absolute atomic E-state index is 12.2. The van der Waals surface area contributed by atoms with Gasteiger partial charge in [-0.1, -0.05) is 38.1 Å². The Morgan fingerprint density at radius 3 is 2.36 bits per heavy atom. The third-order valence-corrected chi connectivity index (χ3v) is 6.94. The second-order valence-corrected chi connectivity index (χ2v) is 11.6. The van der Waals surface area contributed by atoms with Crippen molar-refractivity contribution in [1.29, 1.82) is 0 Å². The smallest absolute Gasteiger partial charge is 0.408 e. The van der Waals surface area contributed by atoms with Crippen molar-refractivity contribution in [3.63, 3.8) is 0 Å². The van der Waals surface area contributed by atoms with Crippen LogP contribution in [0.1, 0.15) is 78.1 Å². The summed E-state index contributed by atoms with van der Waals surface area (Å²) in [6, 6.07) is 7.34. The fourth-order valence-corrected chi connectivity index (χ4v) is 4.59. The van der Waals surface area contributed by atoms with Crippen molar-refractivity contribution < 1.29 is 28.3 Å². The molecule has 1 aromatic heterocycles. The molecule has 1 saturated heterocycles. The van der Waals surface area contributed by atoms with Gasteiger partial charge in [0, 0.05) is 25.4 Å². The first-order valence-electron chi connectivity index (χ1n) is 13.8. The molecule has 1 fully saturated rings. The van der Waals surface area contributed by atoms with Crippen molar-refractivity contribution in [2.75, 3.05) is 31.7 Å². The van der Waals surface area contributed by atoms with Gasteiger partial charge in [-0.3, -0.25) is 0 Å². The molecule has 0 bridgehead atoms. The third kappa shape index (κ3) is 9.44. The standard InChI is InChI=1S/C29H44N4O6/c1-19(2)25-31-27(39-32-25)33-15-12-22(13-16-33)20(3)14-17-37-23-10-8-21(9-11-23)18-24(26(34)36-7)30-28(35)38-29(4,5)6/h8-11,19-20,22,24H,12-18H2,1-7H3,(H,30,35)/t20-,24?/m1/s1. The predicted octanol–water partition coefficient (Wildman–Crippen LogP) is 5.12. The van der Waals surface area contributed by atoms with Crippen LogP contribution >= 0.6 is 0 Å². The Morgan fingerprint density at radius 2 is 1.79 bits per heavy atom. The molecule has 0 spiro atoms. The number of anilines is 1. The van der Waals surface area contributed by atoms with E-state index in [9.17, 15) is 9.59 Å². The van der Waals surface area contributed by atoms with E-state index in [4.69, 9.17) is 18.7 Å². The number of alkyl carbamates (subject to hydrolysis) is 1. The quantitative estimate of drug-likeness (QED) is 0.385. The van der Waals surface area contributed by atoms with Crippen molar-refractivity contribution in [2.24, 2.45) is 11.8 Å². The number of carbonyl (C=O) groups is 2. The number of aromatic nitrogens is 2. The van der Waals surface area contributed by atoms with Crippen LogP contribution in [0.4, 0.5) is 10.8 Å². The van der Waals surface area contributed by atoms with Crippen LogP contribution < -0.4 is 15.0 Å². The summed E-state index contributed by atoms with van der Waals surface area (Å²) in [4.78, 5) is 31.1. The zero-order valence-corrected chi connectivity index (χ0v) is 24.4. The monoisotopic (exact) mass is 544 g/mol. The van der Waals surface area contributed by atoms with Crippen LogP contribution in [0.25, 0.3) is 0 Å². The summed E-state index contributed by atoms with van der Waals surface area (Å²) in [7, 11) is 1.30. The number of benzene rings is 1. The molecule has 2 aromatic rings. The van der Waals surface area contributed by atoms with Crippen LogP contribution in [0.2, 0.25) is 0 Å². The Kier molecular flexibility index (Phi) is 10.6. The van der Waals surface area contributed by atoms with Gasteiger partial charge in [0.2, 0.25) is 0 Å². The minimum atomic E-state index is -0.846. The summed E-state index contributed by atoms with van der Waals surface area (Å²) < 4.78 is 21.6. The maximum Gasteiger partial charge on any atom is 0.408 e. The second-order valence-electron chi connectivity index (χ2n) is 11.6. The molecule has 1 amide bonds. The number of hydrogen-bond acceptors (Lipinski definition) is 9. The zero-order chi connectivity index (χ0) is 28.6. The van der Waals surface area contributed by atoms with Gasteiger partial charge in [-0.25, -0.2) is 9.59 Å². The first kappa shape index (κ1) is 30.2. The van der Waals surface area contributed by atoms with E-state index in [-0.39, 0.29) is 12.3 Å². The van der Waals surface area contributed by atoms with Crippen LogP contribution in [-0.4, -0.2) is 60.7 Å². The number of rotatable bonds is 11. The molecular weight excluding hydrogens is 500 g/mol. The van der Waals surface area contributed by atoms with Gasteiger partial charge in [0.1, 0.15) is 17.4 Å². The van der Waals surface area contributed by atoms with Gasteiger partial charge in [0.25, 0.3) is 0 Å². The minimum absolute atomic E-state index is 0.259. The number of carbonyl (C=O) groups excluding carboxylic acids is 2. The van der Waals surface area contributed by atoms with E-state index in [1.807, 2.05) is 24.3 Å². The van der Waals surface area contributed by atoms with E-state index >= 15 is 0 Å². The van der Waals surface area contributed by atoms with Gasteiger partial charge < -0.3 is 29.0 Å². The van der Waals surface area contributed by atoms with Gasteiger partial charge >= 0.3 is 18.1 Å². The molecule has 1 N–H and O–H groups in total. The number of hydrogen-bond donors (Lipinski definition) is 1. The van der Waals surface area contributed by atoms with Crippen molar-refractivity contribution in [3.8, 4) is 5.75 Å². The number of nitrogens with one attached hydrogen (secondary N) is 1. The molecule has 39 heavy (non-hydrogen) atoms. The number of methoxy groups -OCH3 is 1. The topological polar surface area (TPSA) is 116 Å². The lowest BCUT2D eigenvalue weighted by atomic mass is 9.84. The first-order valence-corrected chi connectivity index (χ1v) is 13.8. The summed E-state index contributed by atoms with van der Waals surface area (Å²) >= 11 is 0. The van der Waals surface area contributed by atoms with Crippen molar-refractivity contribution in [1.82, 2.24) is 15.5 Å². The van der Waals surface area contributed by atoms with Gasteiger partial charge in [-0.15, -0.1) is 0 Å². The number of nitrogens with zero attached hydrogens (tertiary/aromatic N) is 3. The molecule has 10 nitrogen and oxygen atoms in total. The fraction of sp³-hybridized carbons (Fsp3) is 0.655. The average Bonchev–Trinajstić information content (AvgIpc) is 3.38. The zero-order valence-electron chi connectivity index (χ0n) is 24.4. The molecule has 0 saturated carbocycles. The van der Waals surface area contributed by atoms with Crippen molar-refractivity contribution in [2.45, 2.75) is 84.8 Å². The molecule has 3 rings (SSSR count). The molecule has 10 heteroatoms. The van der Waals surface area contributed by atoms with Crippen LogP contribution in [0.5, 0.6) is 5.75 Å². The highest BCUT2D eigenvalue weighted by molar-refractivity contribution is 5.81. The highest BCUT2D eigenvalue weighted by Crippen LogP contribution is 2.30. The van der Waals surface area contributed by atoms with E-state index in [1.165, 1.54) is 7.11 Å². The Labute approximate surface area is 231 Å². The molecule has 1 aromatic carbocycles. The number of ether oxygens (including phenoxy) is 3. The van der Waals surface area contributed by atoms with Gasteiger partial charge in [0.05, 0.1) is 13.7 Å².